The quantitative estimate of drug-likeness (QED) is 0.594. The van der Waals surface area contributed by atoms with E-state index >= 15 is 0 Å². The minimum absolute atomic E-state index is 0.0397. The van der Waals surface area contributed by atoms with Gasteiger partial charge < -0.3 is 9.52 Å². The van der Waals surface area contributed by atoms with Gasteiger partial charge in [-0.1, -0.05) is 6.07 Å². The third-order valence-corrected chi connectivity index (χ3v) is 3.52. The van der Waals surface area contributed by atoms with Gasteiger partial charge in [0.2, 0.25) is 0 Å². The van der Waals surface area contributed by atoms with Crippen molar-refractivity contribution in [1.82, 2.24) is 0 Å². The zero-order valence-corrected chi connectivity index (χ0v) is 12.2. The van der Waals surface area contributed by atoms with Crippen LogP contribution in [0.3, 0.4) is 0 Å². The van der Waals surface area contributed by atoms with Crippen LogP contribution in [-0.2, 0) is 0 Å². The highest BCUT2D eigenvalue weighted by Gasteiger charge is 2.20. The van der Waals surface area contributed by atoms with Crippen LogP contribution >= 0.6 is 0 Å². The first kappa shape index (κ1) is 14.7. The van der Waals surface area contributed by atoms with Crippen molar-refractivity contribution in [1.29, 1.82) is 0 Å². The largest absolute Gasteiger partial charge is 0.508 e. The molecule has 0 aliphatic rings. The predicted molar refractivity (Wildman–Crippen MR) is 84.0 cm³/mol. The number of Topliss-reactive ketones (excluding diaryl/α,β-unsaturated/α-hetero) is 1. The summed E-state index contributed by atoms with van der Waals surface area (Å²) in [5.41, 5.74) is 0.0788. The zero-order chi connectivity index (χ0) is 16.6. The molecule has 0 saturated heterocycles. The summed E-state index contributed by atoms with van der Waals surface area (Å²) in [6, 6.07) is 11.7. The third kappa shape index (κ3) is 2.64. The summed E-state index contributed by atoms with van der Waals surface area (Å²) in [7, 11) is 0. The van der Waals surface area contributed by atoms with Crippen molar-refractivity contribution in [2.75, 3.05) is 0 Å². The third-order valence-electron chi connectivity index (χ3n) is 3.52. The summed E-state index contributed by atoms with van der Waals surface area (Å²) in [6.45, 7) is 1.31. The van der Waals surface area contributed by atoms with Crippen LogP contribution in [0.15, 0.2) is 57.7 Å². The molecule has 1 N–H and O–H groups in total. The van der Waals surface area contributed by atoms with Crippen molar-refractivity contribution in [2.24, 2.45) is 0 Å². The van der Waals surface area contributed by atoms with Gasteiger partial charge in [0.1, 0.15) is 11.3 Å². The van der Waals surface area contributed by atoms with Gasteiger partial charge in [0.05, 0.1) is 5.56 Å². The second kappa shape index (κ2) is 5.53. The highest BCUT2D eigenvalue weighted by atomic mass is 16.4. The van der Waals surface area contributed by atoms with Crippen molar-refractivity contribution in [2.45, 2.75) is 6.92 Å². The van der Waals surface area contributed by atoms with E-state index in [9.17, 15) is 19.5 Å². The van der Waals surface area contributed by atoms with Crippen LogP contribution in [0.25, 0.3) is 11.0 Å². The average Bonchev–Trinajstić information content (AvgIpc) is 2.53. The van der Waals surface area contributed by atoms with Gasteiger partial charge in [0.25, 0.3) is 0 Å². The molecule has 23 heavy (non-hydrogen) atoms. The van der Waals surface area contributed by atoms with Crippen LogP contribution < -0.4 is 5.63 Å². The van der Waals surface area contributed by atoms with Crippen LogP contribution in [-0.4, -0.2) is 16.7 Å². The van der Waals surface area contributed by atoms with E-state index in [1.807, 2.05) is 0 Å². The molecule has 0 aliphatic carbocycles. The van der Waals surface area contributed by atoms with Gasteiger partial charge in [-0.3, -0.25) is 9.59 Å². The Bertz CT molecular complexity index is 980. The molecule has 0 atom stereocenters. The molecule has 0 saturated carbocycles. The number of carbonyl (C=O) groups is 2. The Balaban J connectivity index is 2.26. The maximum absolute atomic E-state index is 12.7. The summed E-state index contributed by atoms with van der Waals surface area (Å²) in [5.74, 6) is -0.714. The summed E-state index contributed by atoms with van der Waals surface area (Å²) in [6.07, 6.45) is 0. The normalized spacial score (nSPS) is 10.7. The number of hydrogen-bond donors (Lipinski definition) is 1. The first-order valence-corrected chi connectivity index (χ1v) is 6.89. The molecule has 5 heteroatoms. The fourth-order valence-electron chi connectivity index (χ4n) is 2.44. The van der Waals surface area contributed by atoms with Gasteiger partial charge in [-0.15, -0.1) is 0 Å². The van der Waals surface area contributed by atoms with Gasteiger partial charge in [0, 0.05) is 22.6 Å². The smallest absolute Gasteiger partial charge is 0.336 e. The Labute approximate surface area is 130 Å². The number of phenolic OH excluding ortho intramolecular Hbond substituents is 1. The Morgan fingerprint density at radius 2 is 1.61 bits per heavy atom. The van der Waals surface area contributed by atoms with Crippen LogP contribution in [0.5, 0.6) is 5.75 Å². The van der Waals surface area contributed by atoms with Crippen LogP contribution in [0.4, 0.5) is 0 Å². The summed E-state index contributed by atoms with van der Waals surface area (Å²) in [4.78, 5) is 36.1. The molecule has 0 unspecified atom stereocenters. The first-order chi connectivity index (χ1) is 11.0. The Hall–Kier alpha value is -3.21. The number of aromatic hydroxyl groups is 1. The van der Waals surface area contributed by atoms with E-state index in [0.717, 1.165) is 0 Å². The summed E-state index contributed by atoms with van der Waals surface area (Å²) < 4.78 is 5.13. The fraction of sp³-hybridized carbons (Fsp3) is 0.0556. The molecule has 1 aromatic heterocycles. The summed E-state index contributed by atoms with van der Waals surface area (Å²) in [5, 5.41) is 9.88. The molecule has 5 nitrogen and oxygen atoms in total. The lowest BCUT2D eigenvalue weighted by Crippen LogP contribution is -2.10. The molecular formula is C18H12O5. The Morgan fingerprint density at radius 3 is 2.26 bits per heavy atom. The van der Waals surface area contributed by atoms with Gasteiger partial charge in [-0.05, 0) is 43.3 Å². The van der Waals surface area contributed by atoms with Crippen molar-refractivity contribution in [3.63, 3.8) is 0 Å². The average molecular weight is 308 g/mol. The number of fused-ring (bicyclic) bond motifs is 1. The number of rotatable bonds is 3. The molecule has 3 rings (SSSR count). The minimum Gasteiger partial charge on any atom is -0.508 e. The SMILES string of the molecule is CC(=O)c1c(C(=O)c2ccc(O)cc2)ccc2ccc(=O)oc12. The highest BCUT2D eigenvalue weighted by molar-refractivity contribution is 6.19. The van der Waals surface area contributed by atoms with Gasteiger partial charge in [-0.25, -0.2) is 4.79 Å². The van der Waals surface area contributed by atoms with E-state index in [-0.39, 0.29) is 34.0 Å². The molecule has 0 aliphatic heterocycles. The number of ketones is 2. The van der Waals surface area contributed by atoms with E-state index in [4.69, 9.17) is 4.42 Å². The molecule has 0 fully saturated rings. The zero-order valence-electron chi connectivity index (χ0n) is 12.2. The van der Waals surface area contributed by atoms with Crippen LogP contribution in [0, 0.1) is 0 Å². The summed E-state index contributed by atoms with van der Waals surface area (Å²) >= 11 is 0. The molecule has 2 aromatic carbocycles. The molecule has 0 radical (unpaired) electrons. The molecule has 3 aromatic rings. The molecule has 1 heterocycles. The Kier molecular flexibility index (Phi) is 3.54. The van der Waals surface area contributed by atoms with Crippen molar-refractivity contribution in [3.05, 3.63) is 75.6 Å². The van der Waals surface area contributed by atoms with E-state index in [0.29, 0.717) is 10.9 Å². The predicted octanol–water partition coefficient (Wildman–Crippen LogP) is 2.93. The van der Waals surface area contributed by atoms with Gasteiger partial charge in [0.15, 0.2) is 11.6 Å². The van der Waals surface area contributed by atoms with E-state index in [1.165, 1.54) is 43.3 Å². The topological polar surface area (TPSA) is 84.6 Å². The monoisotopic (exact) mass is 308 g/mol. The van der Waals surface area contributed by atoms with E-state index in [1.54, 1.807) is 12.1 Å². The van der Waals surface area contributed by atoms with Crippen molar-refractivity contribution < 1.29 is 19.1 Å². The maximum atomic E-state index is 12.7. The van der Waals surface area contributed by atoms with Gasteiger partial charge >= 0.3 is 5.63 Å². The molecule has 114 valence electrons. The van der Waals surface area contributed by atoms with E-state index < -0.39 is 5.63 Å². The fourth-order valence-corrected chi connectivity index (χ4v) is 2.44. The van der Waals surface area contributed by atoms with E-state index in [2.05, 4.69) is 0 Å². The maximum Gasteiger partial charge on any atom is 0.336 e. The number of carbonyl (C=O) groups excluding carboxylic acids is 2. The second-order valence-corrected chi connectivity index (χ2v) is 5.09. The van der Waals surface area contributed by atoms with Crippen molar-refractivity contribution >= 4 is 22.5 Å². The highest BCUT2D eigenvalue weighted by Crippen LogP contribution is 2.25. The number of benzene rings is 2. The number of phenols is 1. The molecule has 0 spiro atoms. The Morgan fingerprint density at radius 1 is 0.957 bits per heavy atom. The lowest BCUT2D eigenvalue weighted by atomic mass is 9.94. The standard InChI is InChI=1S/C18H12O5/c1-10(19)16-14(17(22)11-2-6-13(20)7-3-11)8-4-12-5-9-15(21)23-18(12)16/h2-9,20H,1H3. The lowest BCUT2D eigenvalue weighted by molar-refractivity contribution is 0.0990. The minimum atomic E-state index is -0.589. The van der Waals surface area contributed by atoms with Gasteiger partial charge in [-0.2, -0.15) is 0 Å². The molecule has 0 amide bonds. The second-order valence-electron chi connectivity index (χ2n) is 5.09. The van der Waals surface area contributed by atoms with Crippen LogP contribution in [0.2, 0.25) is 0 Å². The number of hydrogen-bond acceptors (Lipinski definition) is 5. The lowest BCUT2D eigenvalue weighted by Gasteiger charge is -2.09. The first-order valence-electron chi connectivity index (χ1n) is 6.89. The molecule has 0 bridgehead atoms. The molecular weight excluding hydrogens is 296 g/mol. The van der Waals surface area contributed by atoms with Crippen LogP contribution in [0.1, 0.15) is 33.2 Å². The van der Waals surface area contributed by atoms with Crippen molar-refractivity contribution in [3.8, 4) is 5.75 Å².